The Labute approximate surface area is 118 Å². The zero-order valence-corrected chi connectivity index (χ0v) is 12.9. The average Bonchev–Trinajstić information content (AvgIpc) is 2.77. The van der Waals surface area contributed by atoms with E-state index in [0.29, 0.717) is 12.0 Å². The molecule has 2 heterocycles. The van der Waals surface area contributed by atoms with Crippen molar-refractivity contribution in [3.8, 4) is 0 Å². The first-order valence-corrected chi connectivity index (χ1v) is 7.87. The van der Waals surface area contributed by atoms with Gasteiger partial charge in [-0.15, -0.1) is 0 Å². The maximum Gasteiger partial charge on any atom is 0.0521 e. The molecule has 1 N–H and O–H groups in total. The normalized spacial score (nSPS) is 33.2. The second-order valence-electron chi connectivity index (χ2n) is 6.43. The van der Waals surface area contributed by atoms with Crippen LogP contribution in [0.2, 0.25) is 0 Å². The van der Waals surface area contributed by atoms with E-state index < -0.39 is 0 Å². The molecule has 2 fully saturated rings. The number of nitrogens with one attached hydrogen (secondary N) is 1. The van der Waals surface area contributed by atoms with E-state index in [1.807, 2.05) is 0 Å². The first-order valence-electron chi connectivity index (χ1n) is 7.87. The smallest absolute Gasteiger partial charge is 0.0521 e. The molecule has 0 aromatic heterocycles. The molecule has 4 nitrogen and oxygen atoms in total. The van der Waals surface area contributed by atoms with Gasteiger partial charge >= 0.3 is 0 Å². The van der Waals surface area contributed by atoms with Crippen LogP contribution in [0.1, 0.15) is 19.8 Å². The summed E-state index contributed by atoms with van der Waals surface area (Å²) in [6.07, 6.45) is 2.52. The van der Waals surface area contributed by atoms with Gasteiger partial charge in [-0.25, -0.2) is 0 Å². The molecule has 2 rings (SSSR count). The number of hydrogen-bond acceptors (Lipinski definition) is 4. The quantitative estimate of drug-likeness (QED) is 0.775. The average molecular weight is 269 g/mol. The lowest BCUT2D eigenvalue weighted by Crippen LogP contribution is -2.47. The zero-order chi connectivity index (χ0) is 13.7. The van der Waals surface area contributed by atoms with Crippen LogP contribution < -0.4 is 5.32 Å². The van der Waals surface area contributed by atoms with Crippen molar-refractivity contribution in [2.75, 3.05) is 60.0 Å². The lowest BCUT2D eigenvalue weighted by Gasteiger charge is -2.35. The molecule has 2 aliphatic rings. The fourth-order valence-corrected chi connectivity index (χ4v) is 3.60. The van der Waals surface area contributed by atoms with Crippen LogP contribution in [0, 0.1) is 11.8 Å². The standard InChI is InChI=1S/C15H31N3O/c1-4-16-15-6-8-19-12-14(15)11-18(3)10-13-5-7-17(2)9-13/h13-16H,4-12H2,1-3H3. The summed E-state index contributed by atoms with van der Waals surface area (Å²) in [6, 6.07) is 0.646. The van der Waals surface area contributed by atoms with Gasteiger partial charge in [0.15, 0.2) is 0 Å². The molecule has 0 spiro atoms. The minimum Gasteiger partial charge on any atom is -0.381 e. The number of hydrogen-bond donors (Lipinski definition) is 1. The SMILES string of the molecule is CCNC1CCOCC1CN(C)CC1CCN(C)C1. The van der Waals surface area contributed by atoms with Gasteiger partial charge in [-0.1, -0.05) is 6.92 Å². The number of ether oxygens (including phenoxy) is 1. The molecule has 112 valence electrons. The first-order chi connectivity index (χ1) is 9.19. The number of rotatable bonds is 6. The Balaban J connectivity index is 1.74. The lowest BCUT2D eigenvalue weighted by molar-refractivity contribution is 0.0187. The summed E-state index contributed by atoms with van der Waals surface area (Å²) in [7, 11) is 4.51. The van der Waals surface area contributed by atoms with Gasteiger partial charge in [0.1, 0.15) is 0 Å². The highest BCUT2D eigenvalue weighted by atomic mass is 16.5. The predicted octanol–water partition coefficient (Wildman–Crippen LogP) is 0.885. The van der Waals surface area contributed by atoms with Crippen LogP contribution in [-0.2, 0) is 4.74 Å². The highest BCUT2D eigenvalue weighted by Crippen LogP contribution is 2.19. The Morgan fingerprint density at radius 1 is 1.32 bits per heavy atom. The molecule has 0 saturated carbocycles. The first kappa shape index (κ1) is 15.2. The lowest BCUT2D eigenvalue weighted by atomic mass is 9.94. The summed E-state index contributed by atoms with van der Waals surface area (Å²) in [4.78, 5) is 4.97. The Kier molecular flexibility index (Phi) is 6.07. The van der Waals surface area contributed by atoms with Gasteiger partial charge in [0.2, 0.25) is 0 Å². The Hall–Kier alpha value is -0.160. The van der Waals surface area contributed by atoms with E-state index in [0.717, 1.165) is 32.2 Å². The third-order valence-corrected chi connectivity index (χ3v) is 4.55. The van der Waals surface area contributed by atoms with E-state index >= 15 is 0 Å². The molecule has 3 unspecified atom stereocenters. The second kappa shape index (κ2) is 7.58. The minimum atomic E-state index is 0.646. The monoisotopic (exact) mass is 269 g/mol. The maximum atomic E-state index is 5.67. The van der Waals surface area contributed by atoms with Gasteiger partial charge in [0, 0.05) is 38.2 Å². The molecular formula is C15H31N3O. The van der Waals surface area contributed by atoms with Gasteiger partial charge in [0.25, 0.3) is 0 Å². The highest BCUT2D eigenvalue weighted by molar-refractivity contribution is 4.83. The third-order valence-electron chi connectivity index (χ3n) is 4.55. The van der Waals surface area contributed by atoms with Gasteiger partial charge in [-0.2, -0.15) is 0 Å². The summed E-state index contributed by atoms with van der Waals surface area (Å²) in [6.45, 7) is 10.0. The van der Waals surface area contributed by atoms with Crippen molar-refractivity contribution in [1.29, 1.82) is 0 Å². The van der Waals surface area contributed by atoms with Crippen LogP contribution in [0.4, 0.5) is 0 Å². The molecule has 4 heteroatoms. The van der Waals surface area contributed by atoms with Crippen molar-refractivity contribution in [2.45, 2.75) is 25.8 Å². The van der Waals surface area contributed by atoms with Crippen molar-refractivity contribution in [2.24, 2.45) is 11.8 Å². The van der Waals surface area contributed by atoms with Crippen molar-refractivity contribution < 1.29 is 4.74 Å². The summed E-state index contributed by atoms with van der Waals surface area (Å²) < 4.78 is 5.67. The third kappa shape index (κ3) is 4.71. The molecule has 0 amide bonds. The van der Waals surface area contributed by atoms with Crippen LogP contribution in [0.15, 0.2) is 0 Å². The molecule has 0 radical (unpaired) electrons. The fourth-order valence-electron chi connectivity index (χ4n) is 3.60. The van der Waals surface area contributed by atoms with Gasteiger partial charge < -0.3 is 19.9 Å². The van der Waals surface area contributed by atoms with E-state index in [9.17, 15) is 0 Å². The summed E-state index contributed by atoms with van der Waals surface area (Å²) in [5.74, 6) is 1.51. The molecule has 2 aliphatic heterocycles. The van der Waals surface area contributed by atoms with E-state index in [4.69, 9.17) is 4.74 Å². The zero-order valence-electron chi connectivity index (χ0n) is 12.9. The van der Waals surface area contributed by atoms with Crippen LogP contribution in [0.3, 0.4) is 0 Å². The van der Waals surface area contributed by atoms with Gasteiger partial charge in [0.05, 0.1) is 6.61 Å². The molecule has 3 atom stereocenters. The Bertz CT molecular complexity index is 260. The van der Waals surface area contributed by atoms with Crippen molar-refractivity contribution in [3.05, 3.63) is 0 Å². The van der Waals surface area contributed by atoms with Crippen LogP contribution in [0.25, 0.3) is 0 Å². The van der Waals surface area contributed by atoms with Crippen LogP contribution in [-0.4, -0.2) is 75.9 Å². The Morgan fingerprint density at radius 3 is 2.84 bits per heavy atom. The van der Waals surface area contributed by atoms with Crippen molar-refractivity contribution >= 4 is 0 Å². The minimum absolute atomic E-state index is 0.646. The van der Waals surface area contributed by atoms with Crippen LogP contribution >= 0.6 is 0 Å². The largest absolute Gasteiger partial charge is 0.381 e. The summed E-state index contributed by atoms with van der Waals surface area (Å²) >= 11 is 0. The van der Waals surface area contributed by atoms with E-state index in [-0.39, 0.29) is 0 Å². The van der Waals surface area contributed by atoms with E-state index in [1.165, 1.54) is 32.5 Å². The molecule has 19 heavy (non-hydrogen) atoms. The molecule has 0 aromatic carbocycles. The highest BCUT2D eigenvalue weighted by Gasteiger charge is 2.27. The van der Waals surface area contributed by atoms with Crippen LogP contribution in [0.5, 0.6) is 0 Å². The second-order valence-corrected chi connectivity index (χ2v) is 6.43. The molecule has 0 bridgehead atoms. The Morgan fingerprint density at radius 2 is 2.16 bits per heavy atom. The molecule has 0 aromatic rings. The van der Waals surface area contributed by atoms with Gasteiger partial charge in [-0.3, -0.25) is 0 Å². The fraction of sp³-hybridized carbons (Fsp3) is 1.00. The van der Waals surface area contributed by atoms with Crippen molar-refractivity contribution in [1.82, 2.24) is 15.1 Å². The molecular weight excluding hydrogens is 238 g/mol. The van der Waals surface area contributed by atoms with Crippen molar-refractivity contribution in [3.63, 3.8) is 0 Å². The predicted molar refractivity (Wildman–Crippen MR) is 79.5 cm³/mol. The topological polar surface area (TPSA) is 27.7 Å². The van der Waals surface area contributed by atoms with E-state index in [2.05, 4.69) is 36.1 Å². The van der Waals surface area contributed by atoms with Gasteiger partial charge in [-0.05, 0) is 45.9 Å². The molecule has 0 aliphatic carbocycles. The number of likely N-dealkylation sites (tertiary alicyclic amines) is 1. The number of nitrogens with zero attached hydrogens (tertiary/aromatic N) is 2. The summed E-state index contributed by atoms with van der Waals surface area (Å²) in [5, 5.41) is 3.63. The van der Waals surface area contributed by atoms with E-state index in [1.54, 1.807) is 0 Å². The molecule has 2 saturated heterocycles. The maximum absolute atomic E-state index is 5.67. The summed E-state index contributed by atoms with van der Waals surface area (Å²) in [5.41, 5.74) is 0.